The zero-order chi connectivity index (χ0) is 23.7. The van der Waals surface area contributed by atoms with Crippen molar-refractivity contribution < 1.29 is 18.3 Å². The van der Waals surface area contributed by atoms with Crippen LogP contribution in [0.5, 0.6) is 5.75 Å². The lowest BCUT2D eigenvalue weighted by molar-refractivity contribution is 0.0567. The van der Waals surface area contributed by atoms with Gasteiger partial charge in [0.15, 0.2) is 0 Å². The zero-order valence-corrected chi connectivity index (χ0v) is 21.2. The number of nitrogens with zero attached hydrogens (tertiary/aromatic N) is 5. The molecule has 2 heterocycles. The minimum Gasteiger partial charge on any atom is -0.490 e. The van der Waals surface area contributed by atoms with Crippen molar-refractivity contribution >= 4 is 37.0 Å². The standard InChI is InChI=1S/C23H28BrN5O4S/c24-22-21(9-8-20-23(22)25-26-29(20)14-17-6-7-17)33-16-18(30)15-27-10-12-28(13-11-27)34(31,32)19-4-2-1-3-5-19/h1-5,8-9,17-18,30H,6-7,10-16H2. The van der Waals surface area contributed by atoms with Gasteiger partial charge >= 0.3 is 0 Å². The Bertz CT molecular complexity index is 1240. The molecular formula is C23H28BrN5O4S. The van der Waals surface area contributed by atoms with E-state index in [0.29, 0.717) is 49.3 Å². The maximum atomic E-state index is 12.8. The molecule has 1 aromatic heterocycles. The molecule has 34 heavy (non-hydrogen) atoms. The first-order valence-corrected chi connectivity index (χ1v) is 13.8. The van der Waals surface area contributed by atoms with Crippen LogP contribution in [0, 0.1) is 5.92 Å². The van der Waals surface area contributed by atoms with Gasteiger partial charge in [0.05, 0.1) is 14.9 Å². The molecule has 3 aromatic rings. The van der Waals surface area contributed by atoms with Gasteiger partial charge in [0.1, 0.15) is 24.0 Å². The van der Waals surface area contributed by atoms with Crippen molar-refractivity contribution in [2.75, 3.05) is 39.3 Å². The Morgan fingerprint density at radius 2 is 1.82 bits per heavy atom. The largest absolute Gasteiger partial charge is 0.490 e. The van der Waals surface area contributed by atoms with Gasteiger partial charge in [-0.2, -0.15) is 4.31 Å². The van der Waals surface area contributed by atoms with Crippen molar-refractivity contribution in [3.05, 3.63) is 46.9 Å². The van der Waals surface area contributed by atoms with Crippen LogP contribution in [-0.2, 0) is 16.6 Å². The molecule has 2 aliphatic rings. The van der Waals surface area contributed by atoms with Gasteiger partial charge < -0.3 is 9.84 Å². The number of fused-ring (bicyclic) bond motifs is 1. The van der Waals surface area contributed by atoms with Crippen LogP contribution in [0.1, 0.15) is 12.8 Å². The number of hydrogen-bond donors (Lipinski definition) is 1. The molecule has 1 atom stereocenters. The minimum absolute atomic E-state index is 0.128. The van der Waals surface area contributed by atoms with Crippen LogP contribution in [0.25, 0.3) is 11.0 Å². The molecule has 1 aliphatic carbocycles. The second kappa shape index (κ2) is 9.90. The van der Waals surface area contributed by atoms with Gasteiger partial charge in [-0.05, 0) is 59.0 Å². The van der Waals surface area contributed by atoms with Crippen molar-refractivity contribution in [3.63, 3.8) is 0 Å². The average molecular weight is 550 g/mol. The van der Waals surface area contributed by atoms with E-state index in [-0.39, 0.29) is 6.61 Å². The number of hydrogen-bond acceptors (Lipinski definition) is 7. The van der Waals surface area contributed by atoms with Crippen LogP contribution in [0.15, 0.2) is 51.8 Å². The summed E-state index contributed by atoms with van der Waals surface area (Å²) in [4.78, 5) is 2.37. The SMILES string of the molecule is O=S(=O)(c1ccccc1)N1CCN(CC(O)COc2ccc3c(nnn3CC3CC3)c2Br)CC1. The van der Waals surface area contributed by atoms with E-state index in [0.717, 1.165) is 22.1 Å². The van der Waals surface area contributed by atoms with Gasteiger partial charge in [-0.1, -0.05) is 23.4 Å². The Labute approximate surface area is 207 Å². The fourth-order valence-corrected chi connectivity index (χ4v) is 6.18. The number of aliphatic hydroxyl groups is 1. The maximum Gasteiger partial charge on any atom is 0.243 e. The van der Waals surface area contributed by atoms with Crippen molar-refractivity contribution in [1.82, 2.24) is 24.2 Å². The van der Waals surface area contributed by atoms with E-state index in [2.05, 4.69) is 31.1 Å². The van der Waals surface area contributed by atoms with Crippen LogP contribution >= 0.6 is 15.9 Å². The van der Waals surface area contributed by atoms with Crippen LogP contribution in [0.4, 0.5) is 0 Å². The first-order chi connectivity index (χ1) is 16.4. The maximum absolute atomic E-state index is 12.8. The van der Waals surface area contributed by atoms with Gasteiger partial charge in [0.25, 0.3) is 0 Å². The summed E-state index contributed by atoms with van der Waals surface area (Å²) < 4.78 is 35.6. The molecule has 1 saturated carbocycles. The smallest absolute Gasteiger partial charge is 0.243 e. The number of β-amino-alcohol motifs (C(OH)–C–C–N with tert-alkyl or cyclic N) is 1. The Hall–Kier alpha value is -2.05. The highest BCUT2D eigenvalue weighted by molar-refractivity contribution is 9.10. The molecule has 9 nitrogen and oxygen atoms in total. The van der Waals surface area contributed by atoms with E-state index in [4.69, 9.17) is 4.74 Å². The molecule has 1 unspecified atom stereocenters. The van der Waals surface area contributed by atoms with Gasteiger partial charge in [0, 0.05) is 39.3 Å². The predicted octanol–water partition coefficient (Wildman–Crippen LogP) is 2.35. The van der Waals surface area contributed by atoms with Crippen molar-refractivity contribution in [2.45, 2.75) is 30.4 Å². The molecule has 2 aromatic carbocycles. The minimum atomic E-state index is -3.48. The predicted molar refractivity (Wildman–Crippen MR) is 131 cm³/mol. The molecule has 1 N–H and O–H groups in total. The van der Waals surface area contributed by atoms with E-state index in [1.807, 2.05) is 16.8 Å². The third-order valence-electron chi connectivity index (χ3n) is 6.33. The van der Waals surface area contributed by atoms with Crippen LogP contribution in [-0.4, -0.2) is 83.2 Å². The number of sulfonamides is 1. The number of ether oxygens (including phenoxy) is 1. The van der Waals surface area contributed by atoms with Gasteiger partial charge in [-0.25, -0.2) is 13.1 Å². The average Bonchev–Trinajstić information content (AvgIpc) is 3.57. The Morgan fingerprint density at radius 3 is 2.53 bits per heavy atom. The second-order valence-corrected chi connectivity index (χ2v) is 11.7. The quantitative estimate of drug-likeness (QED) is 0.437. The molecular weight excluding hydrogens is 522 g/mol. The summed E-state index contributed by atoms with van der Waals surface area (Å²) >= 11 is 3.57. The Balaban J connectivity index is 1.12. The molecule has 5 rings (SSSR count). The normalized spacial score (nSPS) is 18.9. The third-order valence-corrected chi connectivity index (χ3v) is 9.01. The molecule has 0 amide bonds. The highest BCUT2D eigenvalue weighted by atomic mass is 79.9. The Morgan fingerprint density at radius 1 is 1.09 bits per heavy atom. The third kappa shape index (κ3) is 5.13. The monoisotopic (exact) mass is 549 g/mol. The van der Waals surface area contributed by atoms with E-state index < -0.39 is 16.1 Å². The second-order valence-electron chi connectivity index (χ2n) is 8.94. The van der Waals surface area contributed by atoms with Gasteiger partial charge in [0.2, 0.25) is 10.0 Å². The molecule has 1 aliphatic heterocycles. The summed E-state index contributed by atoms with van der Waals surface area (Å²) in [6.07, 6.45) is 1.80. The molecule has 2 fully saturated rings. The number of halogens is 1. The molecule has 1 saturated heterocycles. The summed E-state index contributed by atoms with van der Waals surface area (Å²) in [6.45, 7) is 3.33. The van der Waals surface area contributed by atoms with E-state index in [1.54, 1.807) is 30.3 Å². The molecule has 182 valence electrons. The van der Waals surface area contributed by atoms with Crippen LogP contribution < -0.4 is 4.74 Å². The fraction of sp³-hybridized carbons (Fsp3) is 0.478. The number of benzene rings is 2. The summed E-state index contributed by atoms with van der Waals surface area (Å²) in [5.74, 6) is 1.32. The van der Waals surface area contributed by atoms with Crippen LogP contribution in [0.2, 0.25) is 0 Å². The molecule has 0 spiro atoms. The number of aromatic nitrogens is 3. The molecule has 11 heteroatoms. The van der Waals surface area contributed by atoms with Gasteiger partial charge in [-0.15, -0.1) is 5.10 Å². The fourth-order valence-electron chi connectivity index (χ4n) is 4.21. The lowest BCUT2D eigenvalue weighted by Gasteiger charge is -2.34. The highest BCUT2D eigenvalue weighted by Crippen LogP contribution is 2.35. The van der Waals surface area contributed by atoms with Gasteiger partial charge in [-0.3, -0.25) is 4.90 Å². The number of piperazine rings is 1. The van der Waals surface area contributed by atoms with Crippen molar-refractivity contribution in [2.24, 2.45) is 5.92 Å². The first-order valence-electron chi connectivity index (χ1n) is 11.5. The number of rotatable bonds is 9. The lowest BCUT2D eigenvalue weighted by atomic mass is 10.2. The van der Waals surface area contributed by atoms with Crippen molar-refractivity contribution in [1.29, 1.82) is 0 Å². The zero-order valence-electron chi connectivity index (χ0n) is 18.8. The van der Waals surface area contributed by atoms with E-state index in [9.17, 15) is 13.5 Å². The summed E-state index contributed by atoms with van der Waals surface area (Å²) in [5, 5.41) is 19.1. The van der Waals surface area contributed by atoms with Crippen molar-refractivity contribution in [3.8, 4) is 5.75 Å². The Kier molecular flexibility index (Phi) is 6.90. The molecule has 0 radical (unpaired) electrons. The number of aliphatic hydroxyl groups excluding tert-OH is 1. The van der Waals surface area contributed by atoms with Crippen LogP contribution in [0.3, 0.4) is 0 Å². The first kappa shape index (κ1) is 23.7. The summed E-state index contributed by atoms with van der Waals surface area (Å²) in [5.41, 5.74) is 1.72. The molecule has 0 bridgehead atoms. The van der Waals surface area contributed by atoms with E-state index in [1.165, 1.54) is 17.1 Å². The lowest BCUT2D eigenvalue weighted by Crippen LogP contribution is -2.50. The van der Waals surface area contributed by atoms with E-state index >= 15 is 0 Å². The summed E-state index contributed by atoms with van der Waals surface area (Å²) in [7, 11) is -3.48. The highest BCUT2D eigenvalue weighted by Gasteiger charge is 2.29. The summed E-state index contributed by atoms with van der Waals surface area (Å²) in [6, 6.07) is 12.3. The topological polar surface area (TPSA) is 101 Å².